The predicted molar refractivity (Wildman–Crippen MR) is 80.1 cm³/mol. The van der Waals surface area contributed by atoms with Crippen molar-refractivity contribution in [2.24, 2.45) is 0 Å². The van der Waals surface area contributed by atoms with Crippen LogP contribution in [0.2, 0.25) is 0 Å². The zero-order valence-electron chi connectivity index (χ0n) is 11.4. The Labute approximate surface area is 119 Å². The largest absolute Gasteiger partial charge is 0.343 e. The van der Waals surface area contributed by atoms with Crippen LogP contribution in [-0.2, 0) is 11.2 Å². The molecule has 0 aliphatic heterocycles. The van der Waals surface area contributed by atoms with Crippen molar-refractivity contribution < 1.29 is 4.79 Å². The fourth-order valence-corrected chi connectivity index (χ4v) is 2.24. The van der Waals surface area contributed by atoms with E-state index in [-0.39, 0.29) is 12.5 Å². The van der Waals surface area contributed by atoms with E-state index in [0.717, 1.165) is 19.3 Å². The topological polar surface area (TPSA) is 52.9 Å². The van der Waals surface area contributed by atoms with E-state index in [0.29, 0.717) is 6.42 Å². The minimum absolute atomic E-state index is 0.0370. The van der Waals surface area contributed by atoms with Gasteiger partial charge < -0.3 is 5.32 Å². The number of carbonyl (C=O) groups excluding carboxylic acids is 1. The van der Waals surface area contributed by atoms with E-state index in [1.165, 1.54) is 16.3 Å². The van der Waals surface area contributed by atoms with Gasteiger partial charge in [0.05, 0.1) is 6.07 Å². The highest BCUT2D eigenvalue weighted by Gasteiger charge is 2.01. The Kier molecular flexibility index (Phi) is 5.14. The molecule has 102 valence electrons. The molecule has 0 aliphatic rings. The van der Waals surface area contributed by atoms with Crippen LogP contribution in [0.15, 0.2) is 42.5 Å². The van der Waals surface area contributed by atoms with Crippen molar-refractivity contribution in [1.29, 1.82) is 5.26 Å². The number of hydrogen-bond acceptors (Lipinski definition) is 2. The number of fused-ring (bicyclic) bond motifs is 1. The third-order valence-electron chi connectivity index (χ3n) is 3.30. The number of nitriles is 1. The van der Waals surface area contributed by atoms with Gasteiger partial charge in [-0.25, -0.2) is 0 Å². The highest BCUT2D eigenvalue weighted by Crippen LogP contribution is 2.17. The van der Waals surface area contributed by atoms with Crippen molar-refractivity contribution in [1.82, 2.24) is 5.32 Å². The fourth-order valence-electron chi connectivity index (χ4n) is 2.24. The Bertz CT molecular complexity index is 628. The van der Waals surface area contributed by atoms with Gasteiger partial charge in [0, 0.05) is 6.42 Å². The van der Waals surface area contributed by atoms with Crippen LogP contribution in [0.1, 0.15) is 24.8 Å². The lowest BCUT2D eigenvalue weighted by molar-refractivity contribution is -0.120. The molecule has 0 fully saturated rings. The van der Waals surface area contributed by atoms with Crippen LogP contribution < -0.4 is 5.32 Å². The Balaban J connectivity index is 1.78. The third kappa shape index (κ3) is 4.10. The second-order valence-corrected chi connectivity index (χ2v) is 4.82. The van der Waals surface area contributed by atoms with E-state index in [1.54, 1.807) is 0 Å². The van der Waals surface area contributed by atoms with Gasteiger partial charge in [-0.2, -0.15) is 5.26 Å². The van der Waals surface area contributed by atoms with E-state index in [2.05, 4.69) is 35.6 Å². The summed E-state index contributed by atoms with van der Waals surface area (Å²) in [6.45, 7) is 0.101. The monoisotopic (exact) mass is 266 g/mol. The number of unbranched alkanes of at least 4 members (excludes halogenated alkanes) is 1. The first kappa shape index (κ1) is 14.1. The van der Waals surface area contributed by atoms with Crippen LogP contribution in [0, 0.1) is 11.3 Å². The molecule has 0 atom stereocenters. The van der Waals surface area contributed by atoms with Gasteiger partial charge in [0.15, 0.2) is 0 Å². The maximum Gasteiger partial charge on any atom is 0.220 e. The Morgan fingerprint density at radius 3 is 2.70 bits per heavy atom. The molecular formula is C17H18N2O. The van der Waals surface area contributed by atoms with Gasteiger partial charge in [-0.15, -0.1) is 0 Å². The number of nitrogens with one attached hydrogen (secondary N) is 1. The number of benzene rings is 2. The SMILES string of the molecule is N#CCNC(=O)CCCCc1ccc2ccccc2c1. The highest BCUT2D eigenvalue weighted by atomic mass is 16.1. The van der Waals surface area contributed by atoms with Crippen LogP contribution in [-0.4, -0.2) is 12.5 Å². The summed E-state index contributed by atoms with van der Waals surface area (Å²) in [4.78, 5) is 11.3. The first-order chi connectivity index (χ1) is 9.79. The van der Waals surface area contributed by atoms with Crippen LogP contribution in [0.25, 0.3) is 10.8 Å². The van der Waals surface area contributed by atoms with E-state index >= 15 is 0 Å². The van der Waals surface area contributed by atoms with Gasteiger partial charge in [-0.1, -0.05) is 42.5 Å². The summed E-state index contributed by atoms with van der Waals surface area (Å²) in [5.41, 5.74) is 1.31. The van der Waals surface area contributed by atoms with E-state index in [1.807, 2.05) is 18.2 Å². The number of carbonyl (C=O) groups is 1. The van der Waals surface area contributed by atoms with Crippen LogP contribution in [0.5, 0.6) is 0 Å². The van der Waals surface area contributed by atoms with Crippen molar-refractivity contribution in [2.45, 2.75) is 25.7 Å². The summed E-state index contributed by atoms with van der Waals surface area (Å²) >= 11 is 0. The summed E-state index contributed by atoms with van der Waals surface area (Å²) < 4.78 is 0. The Hall–Kier alpha value is -2.34. The summed E-state index contributed by atoms with van der Waals surface area (Å²) in [6.07, 6.45) is 3.31. The van der Waals surface area contributed by atoms with Crippen molar-refractivity contribution in [3.05, 3.63) is 48.0 Å². The van der Waals surface area contributed by atoms with Crippen molar-refractivity contribution in [2.75, 3.05) is 6.54 Å². The second-order valence-electron chi connectivity index (χ2n) is 4.82. The molecule has 2 rings (SSSR count). The molecule has 1 N–H and O–H groups in total. The molecule has 2 aromatic carbocycles. The minimum Gasteiger partial charge on any atom is -0.343 e. The lowest BCUT2D eigenvalue weighted by Crippen LogP contribution is -2.22. The predicted octanol–water partition coefficient (Wildman–Crippen LogP) is 3.19. The Morgan fingerprint density at radius 1 is 1.10 bits per heavy atom. The zero-order valence-corrected chi connectivity index (χ0v) is 11.4. The summed E-state index contributed by atoms with van der Waals surface area (Å²) in [5, 5.41) is 13.4. The van der Waals surface area contributed by atoms with Crippen LogP contribution in [0.3, 0.4) is 0 Å². The standard InChI is InChI=1S/C17H18N2O/c18-11-12-19-17(20)8-4-1-5-14-9-10-15-6-2-3-7-16(15)13-14/h2-3,6-7,9-10,13H,1,4-5,8,12H2,(H,19,20). The summed E-state index contributed by atoms with van der Waals surface area (Å²) in [7, 11) is 0. The molecule has 0 heterocycles. The van der Waals surface area contributed by atoms with E-state index < -0.39 is 0 Å². The molecule has 0 saturated carbocycles. The van der Waals surface area contributed by atoms with Gasteiger partial charge in [0.1, 0.15) is 6.54 Å². The van der Waals surface area contributed by atoms with Gasteiger partial charge in [0.2, 0.25) is 5.91 Å². The molecule has 3 nitrogen and oxygen atoms in total. The average molecular weight is 266 g/mol. The lowest BCUT2D eigenvalue weighted by atomic mass is 10.0. The quantitative estimate of drug-likeness (QED) is 0.645. The van der Waals surface area contributed by atoms with Crippen molar-refractivity contribution in [3.8, 4) is 6.07 Å². The van der Waals surface area contributed by atoms with Gasteiger partial charge in [-0.05, 0) is 35.6 Å². The van der Waals surface area contributed by atoms with Gasteiger partial charge in [-0.3, -0.25) is 4.79 Å². The summed E-state index contributed by atoms with van der Waals surface area (Å²) in [5.74, 6) is -0.0370. The number of aryl methyl sites for hydroxylation is 1. The molecule has 20 heavy (non-hydrogen) atoms. The molecule has 1 amide bonds. The van der Waals surface area contributed by atoms with E-state index in [4.69, 9.17) is 5.26 Å². The van der Waals surface area contributed by atoms with Crippen LogP contribution in [0.4, 0.5) is 0 Å². The third-order valence-corrected chi connectivity index (χ3v) is 3.30. The smallest absolute Gasteiger partial charge is 0.220 e. The number of amides is 1. The average Bonchev–Trinajstić information content (AvgIpc) is 2.49. The number of nitrogens with zero attached hydrogens (tertiary/aromatic N) is 1. The van der Waals surface area contributed by atoms with Gasteiger partial charge >= 0.3 is 0 Å². The molecule has 3 heteroatoms. The van der Waals surface area contributed by atoms with Gasteiger partial charge in [0.25, 0.3) is 0 Å². The molecule has 0 bridgehead atoms. The fraction of sp³-hybridized carbons (Fsp3) is 0.294. The normalized spacial score (nSPS) is 10.2. The number of rotatable bonds is 6. The summed E-state index contributed by atoms with van der Waals surface area (Å²) in [6, 6.07) is 16.7. The maximum atomic E-state index is 11.3. The first-order valence-corrected chi connectivity index (χ1v) is 6.91. The van der Waals surface area contributed by atoms with Crippen molar-refractivity contribution >= 4 is 16.7 Å². The highest BCUT2D eigenvalue weighted by molar-refractivity contribution is 5.83. The molecule has 2 aromatic rings. The molecule has 0 aliphatic carbocycles. The second kappa shape index (κ2) is 7.30. The van der Waals surface area contributed by atoms with Crippen molar-refractivity contribution in [3.63, 3.8) is 0 Å². The maximum absolute atomic E-state index is 11.3. The minimum atomic E-state index is -0.0370. The molecular weight excluding hydrogens is 248 g/mol. The number of hydrogen-bond donors (Lipinski definition) is 1. The molecule has 0 radical (unpaired) electrons. The first-order valence-electron chi connectivity index (χ1n) is 6.91. The lowest BCUT2D eigenvalue weighted by Gasteiger charge is -2.04. The Morgan fingerprint density at radius 2 is 1.90 bits per heavy atom. The van der Waals surface area contributed by atoms with E-state index in [9.17, 15) is 4.79 Å². The zero-order chi connectivity index (χ0) is 14.2. The molecule has 0 spiro atoms. The molecule has 0 saturated heterocycles. The molecule has 0 aromatic heterocycles. The molecule has 0 unspecified atom stereocenters. The van der Waals surface area contributed by atoms with Crippen LogP contribution >= 0.6 is 0 Å².